The quantitative estimate of drug-likeness (QED) is 0.819. The molecule has 0 bridgehead atoms. The largest absolute Gasteiger partial charge is 0.457 e. The van der Waals surface area contributed by atoms with Crippen LogP contribution in [0.1, 0.15) is 23.3 Å². The van der Waals surface area contributed by atoms with Gasteiger partial charge in [-0.15, -0.1) is 24.8 Å². The van der Waals surface area contributed by atoms with Gasteiger partial charge in [-0.25, -0.2) is 0 Å². The van der Waals surface area contributed by atoms with Gasteiger partial charge in [0.05, 0.1) is 0 Å². The van der Waals surface area contributed by atoms with Crippen LogP contribution in [0.2, 0.25) is 0 Å². The molecule has 5 nitrogen and oxygen atoms in total. The van der Waals surface area contributed by atoms with Crippen LogP contribution in [0.3, 0.4) is 0 Å². The number of para-hydroxylation sites is 1. The summed E-state index contributed by atoms with van der Waals surface area (Å²) in [5, 5.41) is 2.83. The fraction of sp³-hybridized carbons (Fsp3) is 0.294. The van der Waals surface area contributed by atoms with E-state index in [0.29, 0.717) is 23.9 Å². The molecule has 1 saturated carbocycles. The van der Waals surface area contributed by atoms with Gasteiger partial charge < -0.3 is 15.8 Å². The normalized spacial score (nSPS) is 13.9. The molecule has 1 aliphatic rings. The minimum atomic E-state index is -0.227. The molecule has 1 atom stereocenters. The van der Waals surface area contributed by atoms with E-state index in [4.69, 9.17) is 10.5 Å². The molecule has 24 heavy (non-hydrogen) atoms. The van der Waals surface area contributed by atoms with E-state index in [0.717, 1.165) is 18.6 Å². The summed E-state index contributed by atoms with van der Waals surface area (Å²) in [6, 6.07) is 12.8. The number of carbonyl (C=O) groups is 1. The van der Waals surface area contributed by atoms with Gasteiger partial charge in [0.15, 0.2) is 0 Å². The second-order valence-corrected chi connectivity index (χ2v) is 5.50. The number of nitrogens with one attached hydrogen (secondary N) is 1. The van der Waals surface area contributed by atoms with Crippen molar-refractivity contribution < 1.29 is 9.53 Å². The molecule has 7 heteroatoms. The first-order chi connectivity index (χ1) is 10.7. The zero-order valence-corrected chi connectivity index (χ0v) is 14.7. The first-order valence-electron chi connectivity index (χ1n) is 7.45. The van der Waals surface area contributed by atoms with E-state index < -0.39 is 0 Å². The highest BCUT2D eigenvalue weighted by Crippen LogP contribution is 2.31. The average Bonchev–Trinajstić information content (AvgIpc) is 3.38. The van der Waals surface area contributed by atoms with Crippen LogP contribution in [0.4, 0.5) is 0 Å². The number of ether oxygens (including phenoxy) is 1. The molecule has 1 aromatic carbocycles. The van der Waals surface area contributed by atoms with Crippen LogP contribution in [0, 0.1) is 5.92 Å². The minimum Gasteiger partial charge on any atom is -0.457 e. The Morgan fingerprint density at radius 3 is 2.58 bits per heavy atom. The Bertz CT molecular complexity index is 651. The van der Waals surface area contributed by atoms with E-state index >= 15 is 0 Å². The van der Waals surface area contributed by atoms with Crippen LogP contribution in [0.25, 0.3) is 0 Å². The number of hydrogen-bond donors (Lipinski definition) is 2. The summed E-state index contributed by atoms with van der Waals surface area (Å²) in [5.74, 6) is 1.63. The number of carbonyl (C=O) groups excluding carboxylic acids is 1. The van der Waals surface area contributed by atoms with Gasteiger partial charge >= 0.3 is 0 Å². The molecular weight excluding hydrogens is 349 g/mol. The van der Waals surface area contributed by atoms with Crippen molar-refractivity contribution in [1.29, 1.82) is 0 Å². The summed E-state index contributed by atoms with van der Waals surface area (Å²) in [7, 11) is 0. The fourth-order valence-electron chi connectivity index (χ4n) is 2.22. The van der Waals surface area contributed by atoms with E-state index in [1.807, 2.05) is 30.3 Å². The number of rotatable bonds is 6. The maximum atomic E-state index is 12.1. The minimum absolute atomic E-state index is 0. The van der Waals surface area contributed by atoms with Gasteiger partial charge in [0.25, 0.3) is 5.91 Å². The van der Waals surface area contributed by atoms with Crippen molar-refractivity contribution in [1.82, 2.24) is 10.3 Å². The number of nitrogens with zero attached hydrogens (tertiary/aromatic N) is 1. The van der Waals surface area contributed by atoms with Crippen LogP contribution in [0.5, 0.6) is 11.5 Å². The molecule has 130 valence electrons. The first kappa shape index (κ1) is 20.2. The monoisotopic (exact) mass is 369 g/mol. The third-order valence-corrected chi connectivity index (χ3v) is 3.67. The second kappa shape index (κ2) is 9.47. The lowest BCUT2D eigenvalue weighted by molar-refractivity contribution is 0.0945. The Morgan fingerprint density at radius 1 is 1.21 bits per heavy atom. The molecule has 0 aliphatic heterocycles. The third kappa shape index (κ3) is 5.67. The van der Waals surface area contributed by atoms with Crippen molar-refractivity contribution in [2.75, 3.05) is 6.54 Å². The average molecular weight is 370 g/mol. The summed E-state index contributed by atoms with van der Waals surface area (Å²) in [6.45, 7) is 0.481. The highest BCUT2D eigenvalue weighted by Gasteiger charge is 2.28. The van der Waals surface area contributed by atoms with Crippen molar-refractivity contribution in [3.63, 3.8) is 0 Å². The molecular formula is C17H21Cl2N3O2. The Hall–Kier alpha value is -1.82. The number of pyridine rings is 1. The molecule has 2 aromatic rings. The van der Waals surface area contributed by atoms with Gasteiger partial charge in [-0.1, -0.05) is 18.2 Å². The Balaban J connectivity index is 0.00000144. The summed E-state index contributed by atoms with van der Waals surface area (Å²) >= 11 is 0. The number of halogens is 2. The van der Waals surface area contributed by atoms with Crippen LogP contribution >= 0.6 is 24.8 Å². The molecule has 3 rings (SSSR count). The lowest BCUT2D eigenvalue weighted by atomic mass is 10.2. The Kier molecular flexibility index (Phi) is 7.98. The van der Waals surface area contributed by atoms with Crippen molar-refractivity contribution in [3.05, 3.63) is 54.4 Å². The molecule has 0 saturated heterocycles. The maximum Gasteiger partial charge on any atom is 0.270 e. The lowest BCUT2D eigenvalue weighted by Gasteiger charge is -2.11. The van der Waals surface area contributed by atoms with Gasteiger partial charge in [0.1, 0.15) is 17.2 Å². The zero-order chi connectivity index (χ0) is 15.4. The Labute approximate surface area is 153 Å². The number of benzene rings is 1. The van der Waals surface area contributed by atoms with Crippen LogP contribution < -0.4 is 15.8 Å². The van der Waals surface area contributed by atoms with Crippen molar-refractivity contribution in [3.8, 4) is 11.5 Å². The van der Waals surface area contributed by atoms with Gasteiger partial charge in [-0.2, -0.15) is 0 Å². The summed E-state index contributed by atoms with van der Waals surface area (Å²) in [5.41, 5.74) is 6.31. The van der Waals surface area contributed by atoms with E-state index in [-0.39, 0.29) is 36.8 Å². The van der Waals surface area contributed by atoms with Gasteiger partial charge in [-0.05, 0) is 37.0 Å². The van der Waals surface area contributed by atoms with Crippen LogP contribution in [0.15, 0.2) is 48.7 Å². The lowest BCUT2D eigenvalue weighted by Crippen LogP contribution is -2.38. The molecule has 1 aliphatic carbocycles. The predicted octanol–water partition coefficient (Wildman–Crippen LogP) is 3.18. The van der Waals surface area contributed by atoms with Crippen molar-refractivity contribution in [2.45, 2.75) is 18.9 Å². The predicted molar refractivity (Wildman–Crippen MR) is 98.3 cm³/mol. The molecule has 1 heterocycles. The van der Waals surface area contributed by atoms with E-state index in [1.54, 1.807) is 18.3 Å². The standard InChI is InChI=1S/C17H19N3O2.2ClH/c18-15(12-6-7-12)11-20-17(21)16-10-14(8-9-19-16)22-13-4-2-1-3-5-13;;/h1-5,8-10,12,15H,6-7,11,18H2,(H,20,21);2*1H. The molecule has 3 N–H and O–H groups in total. The van der Waals surface area contributed by atoms with E-state index in [2.05, 4.69) is 10.3 Å². The molecule has 1 unspecified atom stereocenters. The highest BCUT2D eigenvalue weighted by atomic mass is 35.5. The maximum absolute atomic E-state index is 12.1. The smallest absolute Gasteiger partial charge is 0.270 e. The van der Waals surface area contributed by atoms with Crippen LogP contribution in [-0.2, 0) is 0 Å². The molecule has 1 aromatic heterocycles. The zero-order valence-electron chi connectivity index (χ0n) is 13.1. The van der Waals surface area contributed by atoms with Crippen molar-refractivity contribution >= 4 is 30.7 Å². The fourth-order valence-corrected chi connectivity index (χ4v) is 2.22. The molecule has 0 spiro atoms. The topological polar surface area (TPSA) is 77.2 Å². The Morgan fingerprint density at radius 2 is 1.92 bits per heavy atom. The SMILES string of the molecule is Cl.Cl.NC(CNC(=O)c1cc(Oc2ccccc2)ccn1)C1CC1. The van der Waals surface area contributed by atoms with Gasteiger partial charge in [0.2, 0.25) is 0 Å². The van der Waals surface area contributed by atoms with Crippen LogP contribution in [-0.4, -0.2) is 23.5 Å². The summed E-state index contributed by atoms with van der Waals surface area (Å²) < 4.78 is 5.70. The van der Waals surface area contributed by atoms with E-state index in [1.165, 1.54) is 0 Å². The van der Waals surface area contributed by atoms with Gasteiger partial charge in [-0.3, -0.25) is 9.78 Å². The molecule has 0 radical (unpaired) electrons. The van der Waals surface area contributed by atoms with Gasteiger partial charge in [0, 0.05) is 24.8 Å². The van der Waals surface area contributed by atoms with E-state index in [9.17, 15) is 4.79 Å². The highest BCUT2D eigenvalue weighted by molar-refractivity contribution is 5.92. The summed E-state index contributed by atoms with van der Waals surface area (Å²) in [4.78, 5) is 16.2. The number of amides is 1. The van der Waals surface area contributed by atoms with Crippen molar-refractivity contribution in [2.24, 2.45) is 11.7 Å². The number of aromatic nitrogens is 1. The second-order valence-electron chi connectivity index (χ2n) is 5.50. The molecule has 1 amide bonds. The molecule has 1 fully saturated rings. The number of nitrogens with two attached hydrogens (primary N) is 1. The summed E-state index contributed by atoms with van der Waals surface area (Å²) in [6.07, 6.45) is 3.89. The number of hydrogen-bond acceptors (Lipinski definition) is 4. The first-order valence-corrected chi connectivity index (χ1v) is 7.45. The third-order valence-electron chi connectivity index (χ3n) is 3.67.